The quantitative estimate of drug-likeness (QED) is 0.635. The summed E-state index contributed by atoms with van der Waals surface area (Å²) in [6, 6.07) is 4.99. The molecule has 1 rings (SSSR count). The number of nitro groups is 1. The number of carbonyl (C=O) groups excluding carboxylic acids is 1. The number of hydrogen-bond donors (Lipinski definition) is 1. The van der Waals surface area contributed by atoms with Crippen LogP contribution in [-0.4, -0.2) is 30.2 Å². The van der Waals surface area contributed by atoms with Crippen molar-refractivity contribution < 1.29 is 32.5 Å². The summed E-state index contributed by atoms with van der Waals surface area (Å²) in [6.45, 7) is -2.27. The average Bonchev–Trinajstić information content (AvgIpc) is 2.35. The molecule has 1 N–H and O–H groups in total. The maximum Gasteiger partial charge on any atom is 0.414 e. The second kappa shape index (κ2) is 6.70. The summed E-state index contributed by atoms with van der Waals surface area (Å²) in [6.07, 6.45) is -4.56. The normalized spacial score (nSPS) is 10.9. The van der Waals surface area contributed by atoms with Gasteiger partial charge in [0.1, 0.15) is 5.75 Å². The van der Waals surface area contributed by atoms with Crippen molar-refractivity contribution in [3.05, 3.63) is 34.4 Å². The van der Waals surface area contributed by atoms with Crippen LogP contribution in [0.15, 0.2) is 24.3 Å². The van der Waals surface area contributed by atoms with Crippen LogP contribution in [0.5, 0.6) is 5.75 Å². The number of rotatable bonds is 6. The minimum atomic E-state index is -4.56. The van der Waals surface area contributed by atoms with Gasteiger partial charge in [0.05, 0.1) is 11.0 Å². The van der Waals surface area contributed by atoms with Gasteiger partial charge in [-0.25, -0.2) is 5.48 Å². The number of hydrogen-bond acceptors (Lipinski definition) is 5. The number of amides is 1. The SMILES string of the molecule is O=C(COc1cccc([N+](=O)[O-])c1)NOCC(F)(F)F. The van der Waals surface area contributed by atoms with Gasteiger partial charge < -0.3 is 4.74 Å². The van der Waals surface area contributed by atoms with E-state index in [9.17, 15) is 28.1 Å². The Kier molecular flexibility index (Phi) is 5.26. The second-order valence-electron chi connectivity index (χ2n) is 3.47. The number of alkyl halides is 3. The Balaban J connectivity index is 2.37. The van der Waals surface area contributed by atoms with Crippen LogP contribution in [-0.2, 0) is 9.63 Å². The first-order valence-electron chi connectivity index (χ1n) is 5.12. The molecule has 0 aromatic heterocycles. The lowest BCUT2D eigenvalue weighted by molar-refractivity contribution is -0.384. The Hall–Kier alpha value is -2.36. The molecule has 1 amide bonds. The number of benzene rings is 1. The van der Waals surface area contributed by atoms with E-state index < -0.39 is 30.2 Å². The molecule has 0 bridgehead atoms. The molecule has 110 valence electrons. The lowest BCUT2D eigenvalue weighted by atomic mass is 10.3. The molecule has 0 fully saturated rings. The molecular weight excluding hydrogens is 285 g/mol. The van der Waals surface area contributed by atoms with Gasteiger partial charge in [0.25, 0.3) is 11.6 Å². The zero-order valence-corrected chi connectivity index (χ0v) is 9.85. The van der Waals surface area contributed by atoms with Crippen molar-refractivity contribution in [2.45, 2.75) is 6.18 Å². The van der Waals surface area contributed by atoms with Crippen molar-refractivity contribution in [2.75, 3.05) is 13.2 Å². The van der Waals surface area contributed by atoms with Crippen molar-refractivity contribution in [1.29, 1.82) is 0 Å². The van der Waals surface area contributed by atoms with E-state index in [-0.39, 0.29) is 11.4 Å². The highest BCUT2D eigenvalue weighted by molar-refractivity contribution is 5.76. The van der Waals surface area contributed by atoms with E-state index in [2.05, 4.69) is 4.84 Å². The summed E-state index contributed by atoms with van der Waals surface area (Å²) in [5.41, 5.74) is 1.29. The first-order chi connectivity index (χ1) is 9.28. The zero-order chi connectivity index (χ0) is 15.2. The van der Waals surface area contributed by atoms with E-state index in [1.807, 2.05) is 0 Å². The molecule has 0 aliphatic rings. The number of nitro benzene ring substituents is 1. The van der Waals surface area contributed by atoms with Crippen molar-refractivity contribution >= 4 is 11.6 Å². The minimum Gasteiger partial charge on any atom is -0.483 e. The molecule has 0 spiro atoms. The standard InChI is InChI=1S/C10H9F3N2O5/c11-10(12,13)6-20-14-9(16)5-19-8-3-1-2-7(4-8)15(17)18/h1-4H,5-6H2,(H,14,16). The number of non-ortho nitro benzene ring substituents is 1. The molecule has 0 saturated carbocycles. The van der Waals surface area contributed by atoms with Gasteiger partial charge in [-0.05, 0) is 6.07 Å². The fourth-order valence-corrected chi connectivity index (χ4v) is 1.06. The van der Waals surface area contributed by atoms with Crippen LogP contribution in [0.3, 0.4) is 0 Å². The third kappa shape index (κ3) is 6.00. The maximum absolute atomic E-state index is 11.7. The van der Waals surface area contributed by atoms with E-state index in [0.29, 0.717) is 0 Å². The molecule has 10 heteroatoms. The predicted molar refractivity (Wildman–Crippen MR) is 58.7 cm³/mol. The molecule has 0 radical (unpaired) electrons. The molecule has 0 heterocycles. The van der Waals surface area contributed by atoms with Gasteiger partial charge in [-0.15, -0.1) is 0 Å². The number of nitrogens with zero attached hydrogens (tertiary/aromatic N) is 1. The van der Waals surface area contributed by atoms with Gasteiger partial charge in [0, 0.05) is 6.07 Å². The van der Waals surface area contributed by atoms with Crippen LogP contribution in [0.25, 0.3) is 0 Å². The molecule has 0 aliphatic carbocycles. The number of hydroxylamine groups is 1. The largest absolute Gasteiger partial charge is 0.483 e. The summed E-state index contributed by atoms with van der Waals surface area (Å²) in [7, 11) is 0. The maximum atomic E-state index is 11.7. The van der Waals surface area contributed by atoms with Gasteiger partial charge in [0.2, 0.25) is 0 Å². The van der Waals surface area contributed by atoms with Crippen LogP contribution in [0.2, 0.25) is 0 Å². The second-order valence-corrected chi connectivity index (χ2v) is 3.47. The van der Waals surface area contributed by atoms with E-state index in [1.54, 1.807) is 0 Å². The van der Waals surface area contributed by atoms with E-state index >= 15 is 0 Å². The van der Waals surface area contributed by atoms with Gasteiger partial charge in [-0.3, -0.25) is 19.7 Å². The molecule has 0 atom stereocenters. The summed E-state index contributed by atoms with van der Waals surface area (Å²) in [5, 5.41) is 10.5. The molecule has 0 aliphatic heterocycles. The molecule has 0 saturated heterocycles. The fourth-order valence-electron chi connectivity index (χ4n) is 1.06. The van der Waals surface area contributed by atoms with Gasteiger partial charge in [0.15, 0.2) is 13.2 Å². The lowest BCUT2D eigenvalue weighted by Gasteiger charge is -2.09. The lowest BCUT2D eigenvalue weighted by Crippen LogP contribution is -2.32. The fraction of sp³-hybridized carbons (Fsp3) is 0.300. The van der Waals surface area contributed by atoms with Crippen molar-refractivity contribution in [1.82, 2.24) is 5.48 Å². The summed E-state index contributed by atoms with van der Waals surface area (Å²) in [4.78, 5) is 24.8. The summed E-state index contributed by atoms with van der Waals surface area (Å²) >= 11 is 0. The molecule has 7 nitrogen and oxygen atoms in total. The first-order valence-corrected chi connectivity index (χ1v) is 5.12. The van der Waals surface area contributed by atoms with Gasteiger partial charge >= 0.3 is 6.18 Å². The van der Waals surface area contributed by atoms with Gasteiger partial charge in [-0.1, -0.05) is 6.07 Å². The first kappa shape index (κ1) is 15.7. The summed E-state index contributed by atoms with van der Waals surface area (Å²) in [5.74, 6) is -0.925. The third-order valence-corrected chi connectivity index (χ3v) is 1.82. The molecule has 1 aromatic rings. The Morgan fingerprint density at radius 1 is 1.40 bits per heavy atom. The average molecular weight is 294 g/mol. The Bertz CT molecular complexity index is 492. The topological polar surface area (TPSA) is 90.7 Å². The van der Waals surface area contributed by atoms with Crippen LogP contribution in [0.1, 0.15) is 0 Å². The van der Waals surface area contributed by atoms with Crippen LogP contribution in [0, 0.1) is 10.1 Å². The summed E-state index contributed by atoms with van der Waals surface area (Å²) < 4.78 is 40.0. The number of ether oxygens (including phenoxy) is 1. The highest BCUT2D eigenvalue weighted by Gasteiger charge is 2.28. The zero-order valence-electron chi connectivity index (χ0n) is 9.85. The number of halogens is 3. The van der Waals surface area contributed by atoms with Crippen LogP contribution >= 0.6 is 0 Å². The van der Waals surface area contributed by atoms with E-state index in [4.69, 9.17) is 4.74 Å². The molecule has 1 aromatic carbocycles. The van der Waals surface area contributed by atoms with Crippen molar-refractivity contribution in [2.24, 2.45) is 0 Å². The Morgan fingerprint density at radius 3 is 2.70 bits per heavy atom. The minimum absolute atomic E-state index is 0.0326. The molecule has 0 unspecified atom stereocenters. The van der Waals surface area contributed by atoms with E-state index in [1.165, 1.54) is 23.7 Å². The van der Waals surface area contributed by atoms with E-state index in [0.717, 1.165) is 6.07 Å². The molecular formula is C10H9F3N2O5. The van der Waals surface area contributed by atoms with Crippen LogP contribution in [0.4, 0.5) is 18.9 Å². The van der Waals surface area contributed by atoms with Crippen molar-refractivity contribution in [3.8, 4) is 5.75 Å². The van der Waals surface area contributed by atoms with Crippen LogP contribution < -0.4 is 10.2 Å². The Morgan fingerprint density at radius 2 is 2.10 bits per heavy atom. The number of carbonyl (C=O) groups is 1. The monoisotopic (exact) mass is 294 g/mol. The van der Waals surface area contributed by atoms with Gasteiger partial charge in [-0.2, -0.15) is 13.2 Å². The molecule has 20 heavy (non-hydrogen) atoms. The Labute approximate surface area is 110 Å². The highest BCUT2D eigenvalue weighted by atomic mass is 19.4. The smallest absolute Gasteiger partial charge is 0.414 e. The highest BCUT2D eigenvalue weighted by Crippen LogP contribution is 2.18. The third-order valence-electron chi connectivity index (χ3n) is 1.82. The van der Waals surface area contributed by atoms with Crippen molar-refractivity contribution in [3.63, 3.8) is 0 Å². The number of nitrogens with one attached hydrogen (secondary N) is 1. The predicted octanol–water partition coefficient (Wildman–Crippen LogP) is 1.58.